The van der Waals surface area contributed by atoms with Gasteiger partial charge in [-0.2, -0.15) is 0 Å². The largest absolute Gasteiger partial charge is 0.466 e. The molecule has 0 aliphatic carbocycles. The summed E-state index contributed by atoms with van der Waals surface area (Å²) in [5.74, 6) is -1.20. The highest BCUT2D eigenvalue weighted by molar-refractivity contribution is 5.82. The van der Waals surface area contributed by atoms with Crippen LogP contribution < -0.4 is 5.32 Å². The van der Waals surface area contributed by atoms with Gasteiger partial charge in [0.05, 0.1) is 19.6 Å². The van der Waals surface area contributed by atoms with Gasteiger partial charge in [-0.25, -0.2) is 4.79 Å². The second kappa shape index (κ2) is 14.1. The highest BCUT2D eigenvalue weighted by Gasteiger charge is 2.19. The summed E-state index contributed by atoms with van der Waals surface area (Å²) in [7, 11) is 0. The number of unbranched alkanes of at least 4 members (excludes halogenated alkanes) is 2. The van der Waals surface area contributed by atoms with Crippen molar-refractivity contribution in [2.24, 2.45) is 0 Å². The Morgan fingerprint density at radius 3 is 2.16 bits per heavy atom. The molecule has 25 heavy (non-hydrogen) atoms. The van der Waals surface area contributed by atoms with E-state index in [1.54, 1.807) is 13.8 Å². The first-order chi connectivity index (χ1) is 11.9. The Labute approximate surface area is 147 Å². The first kappa shape index (κ1) is 22.7. The van der Waals surface area contributed by atoms with E-state index < -0.39 is 18.0 Å². The average molecular weight is 360 g/mol. The lowest BCUT2D eigenvalue weighted by Crippen LogP contribution is -2.38. The number of esters is 2. The molecule has 0 heterocycles. The van der Waals surface area contributed by atoms with Crippen LogP contribution in [0.5, 0.6) is 0 Å². The third kappa shape index (κ3) is 12.7. The van der Waals surface area contributed by atoms with Crippen molar-refractivity contribution in [3.05, 3.63) is 0 Å². The van der Waals surface area contributed by atoms with Gasteiger partial charge >= 0.3 is 18.0 Å². The maximum Gasteiger partial charge on any atom is 0.404 e. The summed E-state index contributed by atoms with van der Waals surface area (Å²) in [5, 5.41) is 10.7. The van der Waals surface area contributed by atoms with Crippen LogP contribution in [-0.2, 0) is 23.9 Å². The second-order valence-corrected chi connectivity index (χ2v) is 5.22. The van der Waals surface area contributed by atoms with E-state index in [4.69, 9.17) is 14.6 Å². The van der Waals surface area contributed by atoms with Crippen molar-refractivity contribution in [2.75, 3.05) is 32.8 Å². The summed E-state index contributed by atoms with van der Waals surface area (Å²) in [6, 6.07) is 0. The van der Waals surface area contributed by atoms with Gasteiger partial charge in [0.1, 0.15) is 6.54 Å². The third-order valence-corrected chi connectivity index (χ3v) is 3.21. The first-order valence-corrected chi connectivity index (χ1v) is 8.46. The van der Waals surface area contributed by atoms with Crippen LogP contribution in [0.1, 0.15) is 46.0 Å². The van der Waals surface area contributed by atoms with Crippen LogP contribution in [0.3, 0.4) is 0 Å². The monoisotopic (exact) mass is 360 g/mol. The zero-order valence-corrected chi connectivity index (χ0v) is 14.9. The fraction of sp³-hybridized carbons (Fsp3) is 0.750. The molecule has 0 aromatic carbocycles. The number of hydrogen-bond donors (Lipinski definition) is 2. The van der Waals surface area contributed by atoms with E-state index in [1.807, 2.05) is 0 Å². The Morgan fingerprint density at radius 1 is 0.920 bits per heavy atom. The molecule has 144 valence electrons. The van der Waals surface area contributed by atoms with E-state index in [0.717, 1.165) is 0 Å². The lowest BCUT2D eigenvalue weighted by atomic mass is 10.1. The van der Waals surface area contributed by atoms with Crippen LogP contribution in [0.4, 0.5) is 4.79 Å². The second-order valence-electron chi connectivity index (χ2n) is 5.22. The van der Waals surface area contributed by atoms with Gasteiger partial charge in [0, 0.05) is 19.5 Å². The summed E-state index contributed by atoms with van der Waals surface area (Å²) in [6.07, 6.45) is 1.03. The van der Waals surface area contributed by atoms with E-state index in [-0.39, 0.29) is 45.1 Å². The molecule has 0 saturated heterocycles. The number of rotatable bonds is 13. The van der Waals surface area contributed by atoms with Crippen LogP contribution in [0.2, 0.25) is 0 Å². The Hall–Kier alpha value is -2.32. The average Bonchev–Trinajstić information content (AvgIpc) is 2.54. The molecule has 0 aromatic heterocycles. The van der Waals surface area contributed by atoms with Gasteiger partial charge in [-0.05, 0) is 26.7 Å². The van der Waals surface area contributed by atoms with Crippen molar-refractivity contribution in [2.45, 2.75) is 46.0 Å². The highest BCUT2D eigenvalue weighted by atomic mass is 16.5. The number of nitrogens with zero attached hydrogens (tertiary/aromatic N) is 1. The zero-order chi connectivity index (χ0) is 19.1. The molecular weight excluding hydrogens is 332 g/mol. The molecule has 0 fully saturated rings. The third-order valence-electron chi connectivity index (χ3n) is 3.21. The standard InChI is InChI=1S/C16H28N2O7/c1-3-24-14(20)9-11-18(12-15(21)25-4-2)13(19)8-6-5-7-10-17-16(22)23/h17H,3-12H2,1-2H3,(H,22,23). The lowest BCUT2D eigenvalue weighted by Gasteiger charge is -2.21. The predicted octanol–water partition coefficient (Wildman–Crippen LogP) is 1.16. The van der Waals surface area contributed by atoms with Crippen LogP contribution >= 0.6 is 0 Å². The number of carbonyl (C=O) groups is 4. The minimum atomic E-state index is -1.07. The van der Waals surface area contributed by atoms with Crippen molar-refractivity contribution in [1.29, 1.82) is 0 Å². The molecule has 0 rings (SSSR count). The van der Waals surface area contributed by atoms with Gasteiger partial charge in [-0.3, -0.25) is 14.4 Å². The minimum Gasteiger partial charge on any atom is -0.466 e. The Balaban J connectivity index is 4.31. The van der Waals surface area contributed by atoms with Gasteiger partial charge in [-0.15, -0.1) is 0 Å². The highest BCUT2D eigenvalue weighted by Crippen LogP contribution is 2.05. The maximum atomic E-state index is 12.3. The Bertz CT molecular complexity index is 440. The molecule has 0 atom stereocenters. The molecule has 9 nitrogen and oxygen atoms in total. The van der Waals surface area contributed by atoms with Gasteiger partial charge in [0.15, 0.2) is 0 Å². The van der Waals surface area contributed by atoms with Gasteiger partial charge in [0.2, 0.25) is 5.91 Å². The molecule has 0 bridgehead atoms. The number of amides is 2. The summed E-state index contributed by atoms with van der Waals surface area (Å²) in [6.45, 7) is 4.07. The van der Waals surface area contributed by atoms with E-state index in [1.165, 1.54) is 4.90 Å². The van der Waals surface area contributed by atoms with E-state index >= 15 is 0 Å². The molecule has 2 N–H and O–H groups in total. The van der Waals surface area contributed by atoms with Crippen LogP contribution in [0.15, 0.2) is 0 Å². The van der Waals surface area contributed by atoms with Crippen LogP contribution in [0.25, 0.3) is 0 Å². The van der Waals surface area contributed by atoms with Crippen molar-refractivity contribution in [3.8, 4) is 0 Å². The molecule has 0 saturated carbocycles. The van der Waals surface area contributed by atoms with Crippen molar-refractivity contribution in [3.63, 3.8) is 0 Å². The normalized spacial score (nSPS) is 10.0. The Kier molecular flexibility index (Phi) is 12.8. The van der Waals surface area contributed by atoms with Crippen LogP contribution in [-0.4, -0.2) is 66.8 Å². The number of hydrogen-bond acceptors (Lipinski definition) is 6. The summed E-state index contributed by atoms with van der Waals surface area (Å²) in [5.41, 5.74) is 0. The molecule has 0 spiro atoms. The molecular formula is C16H28N2O7. The number of nitrogens with one attached hydrogen (secondary N) is 1. The van der Waals surface area contributed by atoms with Gasteiger partial charge in [0.25, 0.3) is 0 Å². The number of carboxylic acid groups (broad SMARTS) is 1. The maximum absolute atomic E-state index is 12.3. The molecule has 0 aromatic rings. The molecule has 0 aliphatic rings. The van der Waals surface area contributed by atoms with Crippen molar-refractivity contribution >= 4 is 23.9 Å². The lowest BCUT2D eigenvalue weighted by molar-refractivity contribution is -0.150. The topological polar surface area (TPSA) is 122 Å². The SMILES string of the molecule is CCOC(=O)CCN(CC(=O)OCC)C(=O)CCCCCNC(=O)O. The Morgan fingerprint density at radius 2 is 1.56 bits per heavy atom. The predicted molar refractivity (Wildman–Crippen MR) is 89.0 cm³/mol. The van der Waals surface area contributed by atoms with Gasteiger partial charge in [-0.1, -0.05) is 6.42 Å². The van der Waals surface area contributed by atoms with E-state index in [2.05, 4.69) is 5.32 Å². The molecule has 2 amide bonds. The van der Waals surface area contributed by atoms with E-state index in [0.29, 0.717) is 25.8 Å². The smallest absolute Gasteiger partial charge is 0.404 e. The van der Waals surface area contributed by atoms with Crippen LogP contribution in [0, 0.1) is 0 Å². The first-order valence-electron chi connectivity index (χ1n) is 8.46. The summed E-state index contributed by atoms with van der Waals surface area (Å²) in [4.78, 5) is 46.9. The molecule has 9 heteroatoms. The number of carbonyl (C=O) groups excluding carboxylic acids is 3. The summed E-state index contributed by atoms with van der Waals surface area (Å²) < 4.78 is 9.67. The molecule has 0 radical (unpaired) electrons. The molecule has 0 unspecified atom stereocenters. The summed E-state index contributed by atoms with van der Waals surface area (Å²) >= 11 is 0. The quantitative estimate of drug-likeness (QED) is 0.373. The van der Waals surface area contributed by atoms with E-state index in [9.17, 15) is 19.2 Å². The van der Waals surface area contributed by atoms with Crippen molar-refractivity contribution < 1.29 is 33.8 Å². The molecule has 0 aliphatic heterocycles. The fourth-order valence-corrected chi connectivity index (χ4v) is 2.05. The minimum absolute atomic E-state index is 0.0154. The fourth-order valence-electron chi connectivity index (χ4n) is 2.05. The van der Waals surface area contributed by atoms with Crippen molar-refractivity contribution in [1.82, 2.24) is 10.2 Å². The number of ether oxygens (including phenoxy) is 2. The van der Waals surface area contributed by atoms with Gasteiger partial charge < -0.3 is 24.8 Å². The zero-order valence-electron chi connectivity index (χ0n) is 14.9.